The maximum Gasteiger partial charge on any atom is 0.124 e. The molecule has 0 unspecified atom stereocenters. The maximum atomic E-state index is 11.1. The second kappa shape index (κ2) is 14.6. The zero-order valence-electron chi connectivity index (χ0n) is 26.4. The molecule has 6 rings (SSSR count). The van der Waals surface area contributed by atoms with Crippen LogP contribution in [0.4, 0.5) is 0 Å². The summed E-state index contributed by atoms with van der Waals surface area (Å²) in [5, 5.41) is 36.0. The van der Waals surface area contributed by atoms with Crippen molar-refractivity contribution in [2.24, 2.45) is 0 Å². The normalized spacial score (nSPS) is 14.7. The van der Waals surface area contributed by atoms with Gasteiger partial charge in [-0.25, -0.2) is 9.97 Å². The summed E-state index contributed by atoms with van der Waals surface area (Å²) in [6, 6.07) is 26.0. The summed E-state index contributed by atoms with van der Waals surface area (Å²) in [6.07, 6.45) is 0. The molecule has 9 nitrogen and oxygen atoms in total. The number of aromatic hydroxyl groups is 2. The largest absolute Gasteiger partial charge is 0.507 e. The minimum atomic E-state index is 0.299. The first-order chi connectivity index (χ1) is 22.4. The minimum Gasteiger partial charge on any atom is -0.507 e. The maximum absolute atomic E-state index is 11.1. The smallest absolute Gasteiger partial charge is 0.124 e. The predicted molar refractivity (Wildman–Crippen MR) is 180 cm³/mol. The number of hydrogen-bond acceptors (Lipinski definition) is 9. The summed E-state index contributed by atoms with van der Waals surface area (Å²) in [6.45, 7) is 8.40. The molecule has 9 heteroatoms. The van der Waals surface area contributed by atoms with Gasteiger partial charge in [-0.3, -0.25) is 4.98 Å². The van der Waals surface area contributed by atoms with Crippen molar-refractivity contribution in [3.05, 3.63) is 135 Å². The molecule has 6 N–H and O–H groups in total. The van der Waals surface area contributed by atoms with Crippen LogP contribution in [-0.4, -0.2) is 25.2 Å². The molecule has 4 heterocycles. The fraction of sp³-hybridized carbons (Fsp3) is 0.270. The second-order valence-corrected chi connectivity index (χ2v) is 11.9. The lowest BCUT2D eigenvalue weighted by Crippen LogP contribution is -2.18. The van der Waals surface area contributed by atoms with E-state index in [1.54, 1.807) is 0 Å². The van der Waals surface area contributed by atoms with E-state index in [-0.39, 0.29) is 0 Å². The number of aryl methyl sites for hydroxylation is 2. The number of hydrogen-bond donors (Lipinski definition) is 6. The number of aromatic nitrogens is 3. The van der Waals surface area contributed by atoms with Crippen LogP contribution in [0, 0.1) is 13.8 Å². The van der Waals surface area contributed by atoms with Gasteiger partial charge in [-0.1, -0.05) is 53.6 Å². The molecular formula is C37H41N7O2. The number of nitrogens with zero attached hydrogens (tertiary/aromatic N) is 3. The molecule has 236 valence electrons. The highest BCUT2D eigenvalue weighted by atomic mass is 16.3. The Morgan fingerprint density at radius 3 is 1.09 bits per heavy atom. The van der Waals surface area contributed by atoms with Gasteiger partial charge in [0.15, 0.2) is 0 Å². The molecule has 5 aromatic rings. The third-order valence-electron chi connectivity index (χ3n) is 8.05. The van der Waals surface area contributed by atoms with Gasteiger partial charge >= 0.3 is 0 Å². The van der Waals surface area contributed by atoms with E-state index in [2.05, 4.69) is 21.3 Å². The van der Waals surface area contributed by atoms with E-state index in [1.807, 2.05) is 92.7 Å². The van der Waals surface area contributed by atoms with Crippen molar-refractivity contribution in [2.45, 2.75) is 66.2 Å². The Labute approximate surface area is 270 Å². The van der Waals surface area contributed by atoms with Crippen LogP contribution in [0.15, 0.2) is 78.9 Å². The van der Waals surface area contributed by atoms with E-state index in [1.165, 1.54) is 0 Å². The number of benzene rings is 2. The van der Waals surface area contributed by atoms with E-state index in [0.29, 0.717) is 63.9 Å². The minimum absolute atomic E-state index is 0.299. The third kappa shape index (κ3) is 7.94. The van der Waals surface area contributed by atoms with Crippen molar-refractivity contribution >= 4 is 0 Å². The molecule has 0 amide bonds. The fourth-order valence-corrected chi connectivity index (χ4v) is 5.88. The summed E-state index contributed by atoms with van der Waals surface area (Å²) in [7, 11) is 0. The van der Waals surface area contributed by atoms with Crippen LogP contribution in [0.1, 0.15) is 56.2 Å². The average Bonchev–Trinajstić information content (AvgIpc) is 3.05. The molecule has 0 radical (unpaired) electrons. The van der Waals surface area contributed by atoms with Crippen LogP contribution in [-0.2, 0) is 52.4 Å². The molecular weight excluding hydrogens is 574 g/mol. The average molecular weight is 616 g/mol. The Morgan fingerprint density at radius 2 is 0.739 bits per heavy atom. The Kier molecular flexibility index (Phi) is 9.95. The molecule has 0 saturated carbocycles. The van der Waals surface area contributed by atoms with Gasteiger partial charge in [-0.15, -0.1) is 0 Å². The van der Waals surface area contributed by atoms with Gasteiger partial charge in [-0.2, -0.15) is 0 Å². The molecule has 2 aromatic carbocycles. The molecule has 1 aliphatic heterocycles. The molecule has 0 fully saturated rings. The van der Waals surface area contributed by atoms with Crippen LogP contribution in [0.3, 0.4) is 0 Å². The summed E-state index contributed by atoms with van der Waals surface area (Å²) < 4.78 is 0. The van der Waals surface area contributed by atoms with E-state index >= 15 is 0 Å². The topological polar surface area (TPSA) is 127 Å². The molecule has 1 aliphatic rings. The predicted octanol–water partition coefficient (Wildman–Crippen LogP) is 5.04. The van der Waals surface area contributed by atoms with Gasteiger partial charge in [0.1, 0.15) is 11.5 Å². The van der Waals surface area contributed by atoms with Crippen LogP contribution < -0.4 is 21.3 Å². The second-order valence-electron chi connectivity index (χ2n) is 11.9. The van der Waals surface area contributed by atoms with Crippen molar-refractivity contribution in [3.8, 4) is 22.9 Å². The van der Waals surface area contributed by atoms with E-state index in [4.69, 9.17) is 15.0 Å². The fourth-order valence-electron chi connectivity index (χ4n) is 5.88. The lowest BCUT2D eigenvalue weighted by Gasteiger charge is -2.14. The number of rotatable bonds is 0. The Hall–Kier alpha value is -4.67. The van der Waals surface area contributed by atoms with Crippen molar-refractivity contribution < 1.29 is 10.2 Å². The monoisotopic (exact) mass is 615 g/mol. The van der Waals surface area contributed by atoms with Crippen LogP contribution in [0.2, 0.25) is 0 Å². The molecule has 0 spiro atoms. The number of phenolic OH excluding ortho intramolecular Hbond substituents is 2. The number of phenols is 2. The third-order valence-corrected chi connectivity index (χ3v) is 8.05. The van der Waals surface area contributed by atoms with Gasteiger partial charge in [0.2, 0.25) is 0 Å². The van der Waals surface area contributed by atoms with Crippen LogP contribution in [0.25, 0.3) is 11.4 Å². The summed E-state index contributed by atoms with van der Waals surface area (Å²) in [5.74, 6) is 0.598. The molecule has 0 aliphatic carbocycles. The lowest BCUT2D eigenvalue weighted by molar-refractivity contribution is 0.453. The first kappa shape index (κ1) is 31.3. The summed E-state index contributed by atoms with van der Waals surface area (Å²) in [4.78, 5) is 14.5. The molecule has 46 heavy (non-hydrogen) atoms. The molecule has 3 aromatic heterocycles. The highest BCUT2D eigenvalue weighted by Crippen LogP contribution is 2.26. The van der Waals surface area contributed by atoms with E-state index in [9.17, 15) is 10.2 Å². The lowest BCUT2D eigenvalue weighted by atomic mass is 10.0. The highest BCUT2D eigenvalue weighted by Gasteiger charge is 2.12. The number of nitrogens with one attached hydrogen (secondary N) is 4. The molecule has 10 bridgehead atoms. The van der Waals surface area contributed by atoms with E-state index in [0.717, 1.165) is 67.5 Å². The van der Waals surface area contributed by atoms with Gasteiger partial charge in [-0.05, 0) is 50.2 Å². The Bertz CT molecular complexity index is 1700. The van der Waals surface area contributed by atoms with E-state index < -0.39 is 0 Å². The highest BCUT2D eigenvalue weighted by molar-refractivity contribution is 5.54. The van der Waals surface area contributed by atoms with Gasteiger partial charge in [0.25, 0.3) is 0 Å². The first-order valence-corrected chi connectivity index (χ1v) is 15.7. The van der Waals surface area contributed by atoms with Crippen molar-refractivity contribution in [2.75, 3.05) is 0 Å². The molecule has 0 atom stereocenters. The summed E-state index contributed by atoms with van der Waals surface area (Å²) in [5.41, 5.74) is 10.8. The van der Waals surface area contributed by atoms with Crippen LogP contribution >= 0.6 is 0 Å². The Balaban J connectivity index is 1.25. The van der Waals surface area contributed by atoms with Gasteiger partial charge in [0, 0.05) is 74.6 Å². The van der Waals surface area contributed by atoms with Crippen molar-refractivity contribution in [1.82, 2.24) is 36.2 Å². The standard InChI is InChI=1S/C37H41N7O2/c1-24-12-26-16-38-20-30-6-3-7-31(42-30)21-39-17-27-13-25(2)15-29(37(27)46)19-41-23-33-9-5-11-35(44-33)34-10-4-8-32(43-34)22-40-18-28(14-24)36(26)45/h3-15,38-41,45-46H,16-23H2,1-2H3. The number of fused-ring (bicyclic) bond motifs is 11. The van der Waals surface area contributed by atoms with Gasteiger partial charge < -0.3 is 31.5 Å². The summed E-state index contributed by atoms with van der Waals surface area (Å²) >= 11 is 0. The zero-order valence-corrected chi connectivity index (χ0v) is 26.4. The van der Waals surface area contributed by atoms with Crippen LogP contribution in [0.5, 0.6) is 11.5 Å². The number of pyridine rings is 3. The quantitative estimate of drug-likeness (QED) is 0.142. The molecule has 0 saturated heterocycles. The SMILES string of the molecule is Cc1cc2c(O)c(c1)CNCc1cccc(n1)-c1cccc(n1)CNCc1cc(C)cc(c1O)CNCc1cccc(n1)CNC2. The van der Waals surface area contributed by atoms with Gasteiger partial charge in [0.05, 0.1) is 34.2 Å². The van der Waals surface area contributed by atoms with Crippen molar-refractivity contribution in [1.29, 1.82) is 0 Å². The Morgan fingerprint density at radius 1 is 0.435 bits per heavy atom. The van der Waals surface area contributed by atoms with Crippen molar-refractivity contribution in [3.63, 3.8) is 0 Å². The first-order valence-electron chi connectivity index (χ1n) is 15.7. The zero-order chi connectivity index (χ0) is 31.9.